The first-order valence-electron chi connectivity index (χ1n) is 11.3. The molecule has 182 valence electrons. The molecular weight excluding hydrogens is 457 g/mol. The van der Waals surface area contributed by atoms with Crippen molar-refractivity contribution in [3.63, 3.8) is 0 Å². The summed E-state index contributed by atoms with van der Waals surface area (Å²) >= 11 is 0. The standard InChI is InChI=1S/C24H24FN5O5/c1-13-7-21(32)29(2)22-16(13)3-4-18(25)17(22)5-6-26-9-15-11-30(24(33)35-15)20-10-27-23-19(28-20)8-14(31)12-34-23/h3-4,7,10,15,26H,5-6,8-9,11-12H2,1-2H3/t15-/m0/s1. The van der Waals surface area contributed by atoms with Gasteiger partial charge in [-0.1, -0.05) is 0 Å². The van der Waals surface area contributed by atoms with E-state index in [0.717, 1.165) is 10.9 Å². The van der Waals surface area contributed by atoms with E-state index in [1.807, 2.05) is 6.92 Å². The smallest absolute Gasteiger partial charge is 0.416 e. The van der Waals surface area contributed by atoms with Crippen LogP contribution in [0, 0.1) is 12.7 Å². The lowest BCUT2D eigenvalue weighted by Gasteiger charge is -2.17. The molecule has 10 nitrogen and oxygen atoms in total. The van der Waals surface area contributed by atoms with Crippen LogP contribution in [0.5, 0.6) is 5.88 Å². The van der Waals surface area contributed by atoms with E-state index in [-0.39, 0.29) is 36.7 Å². The van der Waals surface area contributed by atoms with E-state index in [4.69, 9.17) is 9.47 Å². The number of carbonyl (C=O) groups excluding carboxylic acids is 2. The van der Waals surface area contributed by atoms with Gasteiger partial charge >= 0.3 is 6.09 Å². The number of halogens is 1. The van der Waals surface area contributed by atoms with Crippen molar-refractivity contribution < 1.29 is 23.5 Å². The fourth-order valence-corrected chi connectivity index (χ4v) is 4.47. The van der Waals surface area contributed by atoms with E-state index in [1.165, 1.54) is 21.7 Å². The Morgan fingerprint density at radius 3 is 2.91 bits per heavy atom. The van der Waals surface area contributed by atoms with Crippen LogP contribution in [0.25, 0.3) is 10.9 Å². The third kappa shape index (κ3) is 4.34. The predicted molar refractivity (Wildman–Crippen MR) is 124 cm³/mol. The van der Waals surface area contributed by atoms with Gasteiger partial charge in [-0.15, -0.1) is 0 Å². The van der Waals surface area contributed by atoms with E-state index >= 15 is 0 Å². The number of amides is 1. The number of anilines is 1. The number of fused-ring (bicyclic) bond motifs is 2. The molecule has 1 aromatic carbocycles. The highest BCUT2D eigenvalue weighted by Gasteiger charge is 2.34. The van der Waals surface area contributed by atoms with Crippen molar-refractivity contribution in [1.82, 2.24) is 19.9 Å². The van der Waals surface area contributed by atoms with Gasteiger partial charge in [0.05, 0.1) is 24.7 Å². The summed E-state index contributed by atoms with van der Waals surface area (Å²) < 4.78 is 26.8. The number of ether oxygens (including phenoxy) is 2. The van der Waals surface area contributed by atoms with Crippen LogP contribution >= 0.6 is 0 Å². The summed E-state index contributed by atoms with van der Waals surface area (Å²) in [4.78, 5) is 46.1. The lowest BCUT2D eigenvalue weighted by atomic mass is 10.0. The zero-order valence-corrected chi connectivity index (χ0v) is 19.3. The number of nitrogens with zero attached hydrogens (tertiary/aromatic N) is 4. The maximum atomic E-state index is 14.7. The topological polar surface area (TPSA) is 116 Å². The number of hydrogen-bond donors (Lipinski definition) is 1. The highest BCUT2D eigenvalue weighted by atomic mass is 19.1. The molecule has 2 aromatic heterocycles. The molecule has 0 aliphatic carbocycles. The highest BCUT2D eigenvalue weighted by molar-refractivity contribution is 5.89. The van der Waals surface area contributed by atoms with Crippen LogP contribution in [0.15, 0.2) is 29.2 Å². The second-order valence-corrected chi connectivity index (χ2v) is 8.70. The summed E-state index contributed by atoms with van der Waals surface area (Å²) in [6.07, 6.45) is 0.886. The Hall–Kier alpha value is -3.86. The predicted octanol–water partition coefficient (Wildman–Crippen LogP) is 1.44. The number of aryl methyl sites for hydroxylation is 2. The van der Waals surface area contributed by atoms with Gasteiger partial charge in [0, 0.05) is 30.6 Å². The van der Waals surface area contributed by atoms with Crippen molar-refractivity contribution in [2.75, 3.05) is 31.1 Å². The van der Waals surface area contributed by atoms with Crippen molar-refractivity contribution in [3.8, 4) is 5.88 Å². The summed E-state index contributed by atoms with van der Waals surface area (Å²) in [7, 11) is 1.64. The first-order chi connectivity index (χ1) is 16.8. The first-order valence-corrected chi connectivity index (χ1v) is 11.3. The van der Waals surface area contributed by atoms with Crippen LogP contribution in [0.4, 0.5) is 15.0 Å². The molecule has 35 heavy (non-hydrogen) atoms. The molecule has 2 aliphatic rings. The molecule has 1 N–H and O–H groups in total. The van der Waals surface area contributed by atoms with Crippen molar-refractivity contribution in [1.29, 1.82) is 0 Å². The molecule has 0 saturated carbocycles. The van der Waals surface area contributed by atoms with Gasteiger partial charge in [-0.25, -0.2) is 19.2 Å². The number of benzene rings is 1. The Balaban J connectivity index is 1.22. The molecule has 11 heteroatoms. The van der Waals surface area contributed by atoms with Crippen LogP contribution < -0.4 is 20.5 Å². The van der Waals surface area contributed by atoms with Crippen molar-refractivity contribution >= 4 is 28.6 Å². The summed E-state index contributed by atoms with van der Waals surface area (Å²) in [5, 5.41) is 4.04. The Bertz CT molecular complexity index is 1410. The number of nitrogens with one attached hydrogen (secondary N) is 1. The van der Waals surface area contributed by atoms with Crippen LogP contribution in [0.2, 0.25) is 0 Å². The minimum atomic E-state index is -0.556. The number of Topliss-reactive ketones (excluding diaryl/α,β-unsaturated/α-hetero) is 1. The number of aromatic nitrogens is 3. The molecule has 0 bridgehead atoms. The molecule has 5 rings (SSSR count). The summed E-state index contributed by atoms with van der Waals surface area (Å²) in [5.41, 5.74) is 2.06. The van der Waals surface area contributed by atoms with Crippen LogP contribution in [-0.2, 0) is 29.4 Å². The van der Waals surface area contributed by atoms with Crippen molar-refractivity contribution in [3.05, 3.63) is 57.4 Å². The molecule has 1 atom stereocenters. The Kier molecular flexibility index (Phi) is 5.93. The fourth-order valence-electron chi connectivity index (χ4n) is 4.47. The summed E-state index contributed by atoms with van der Waals surface area (Å²) in [6.45, 7) is 2.84. The third-order valence-electron chi connectivity index (χ3n) is 6.26. The van der Waals surface area contributed by atoms with Crippen molar-refractivity contribution in [2.45, 2.75) is 25.9 Å². The van der Waals surface area contributed by atoms with Gasteiger partial charge in [0.2, 0.25) is 5.88 Å². The lowest BCUT2D eigenvalue weighted by molar-refractivity contribution is -0.121. The molecule has 0 radical (unpaired) electrons. The molecule has 1 saturated heterocycles. The molecule has 1 amide bonds. The molecule has 1 fully saturated rings. The zero-order valence-electron chi connectivity index (χ0n) is 19.3. The number of ketones is 1. The van der Waals surface area contributed by atoms with Crippen LogP contribution in [0.1, 0.15) is 16.8 Å². The van der Waals surface area contributed by atoms with Gasteiger partial charge < -0.3 is 19.4 Å². The average molecular weight is 481 g/mol. The lowest BCUT2D eigenvalue weighted by Crippen LogP contribution is -2.32. The second-order valence-electron chi connectivity index (χ2n) is 8.70. The van der Waals surface area contributed by atoms with Gasteiger partial charge in [0.25, 0.3) is 5.56 Å². The molecule has 2 aliphatic heterocycles. The monoisotopic (exact) mass is 481 g/mol. The van der Waals surface area contributed by atoms with Gasteiger partial charge in [0.1, 0.15) is 24.2 Å². The van der Waals surface area contributed by atoms with E-state index in [1.54, 1.807) is 19.2 Å². The number of rotatable bonds is 6. The van der Waals surface area contributed by atoms with E-state index in [0.29, 0.717) is 48.0 Å². The number of pyridine rings is 1. The zero-order chi connectivity index (χ0) is 24.7. The highest BCUT2D eigenvalue weighted by Crippen LogP contribution is 2.25. The largest absolute Gasteiger partial charge is 0.468 e. The molecule has 3 aromatic rings. The van der Waals surface area contributed by atoms with Crippen LogP contribution in [0.3, 0.4) is 0 Å². The number of carbonyl (C=O) groups is 2. The fraction of sp³-hybridized carbons (Fsp3) is 0.375. The third-order valence-corrected chi connectivity index (χ3v) is 6.26. The van der Waals surface area contributed by atoms with E-state index < -0.39 is 12.2 Å². The van der Waals surface area contributed by atoms with Crippen LogP contribution in [-0.4, -0.2) is 58.8 Å². The molecule has 4 heterocycles. The molecular formula is C24H24FN5O5. The SMILES string of the molecule is Cc1cc(=O)n(C)c2c(CCNC[C@H]3CN(c4cnc5c(n4)CC(=O)CO5)C(=O)O3)c(F)ccc12. The van der Waals surface area contributed by atoms with Gasteiger partial charge in [-0.05, 0) is 37.6 Å². The minimum Gasteiger partial charge on any atom is -0.468 e. The maximum absolute atomic E-state index is 14.7. The van der Waals surface area contributed by atoms with E-state index in [2.05, 4.69) is 15.3 Å². The Morgan fingerprint density at radius 1 is 1.26 bits per heavy atom. The first kappa shape index (κ1) is 22.9. The van der Waals surface area contributed by atoms with Gasteiger partial charge in [-0.3, -0.25) is 14.5 Å². The van der Waals surface area contributed by atoms with Gasteiger partial charge in [-0.2, -0.15) is 0 Å². The number of cyclic esters (lactones) is 1. The molecule has 0 spiro atoms. The summed E-state index contributed by atoms with van der Waals surface area (Å²) in [6, 6.07) is 4.65. The van der Waals surface area contributed by atoms with E-state index in [9.17, 15) is 18.8 Å². The average Bonchev–Trinajstić information content (AvgIpc) is 3.20. The Morgan fingerprint density at radius 2 is 2.09 bits per heavy atom. The Labute approximate surface area is 199 Å². The quantitative estimate of drug-likeness (QED) is 0.526. The maximum Gasteiger partial charge on any atom is 0.416 e. The normalized spacial score (nSPS) is 17.5. The summed E-state index contributed by atoms with van der Waals surface area (Å²) in [5.74, 6) is 0.121. The van der Waals surface area contributed by atoms with Crippen molar-refractivity contribution in [2.24, 2.45) is 7.05 Å². The molecule has 0 unspecified atom stereocenters. The minimum absolute atomic E-state index is 0.0287. The van der Waals surface area contributed by atoms with Gasteiger partial charge in [0.15, 0.2) is 11.6 Å². The second kappa shape index (κ2) is 9.06. The number of hydrogen-bond acceptors (Lipinski definition) is 8.